The van der Waals surface area contributed by atoms with E-state index in [4.69, 9.17) is 0 Å². The van der Waals surface area contributed by atoms with E-state index in [2.05, 4.69) is 29.0 Å². The maximum Gasteiger partial charge on any atom is 0.251 e. The molecular weight excluding hydrogens is 238 g/mol. The van der Waals surface area contributed by atoms with Gasteiger partial charge in [-0.05, 0) is 30.4 Å². The number of nitrogens with one attached hydrogen (secondary N) is 1. The van der Waals surface area contributed by atoms with Gasteiger partial charge in [-0.15, -0.1) is 0 Å². The maximum atomic E-state index is 11.9. The number of rotatable bonds is 4. The minimum Gasteiger partial charge on any atom is -0.351 e. The molecule has 4 nitrogen and oxygen atoms in total. The second-order valence-corrected chi connectivity index (χ2v) is 5.70. The molecule has 1 fully saturated rings. The van der Waals surface area contributed by atoms with Crippen molar-refractivity contribution in [3.63, 3.8) is 0 Å². The van der Waals surface area contributed by atoms with E-state index in [1.807, 2.05) is 0 Å². The Morgan fingerprint density at radius 1 is 1.32 bits per heavy atom. The van der Waals surface area contributed by atoms with Gasteiger partial charge in [-0.25, -0.2) is 0 Å². The van der Waals surface area contributed by atoms with Gasteiger partial charge in [0.05, 0.1) is 0 Å². The summed E-state index contributed by atoms with van der Waals surface area (Å²) in [6.45, 7) is 8.55. The minimum atomic E-state index is -0.0134. The van der Waals surface area contributed by atoms with E-state index in [1.165, 1.54) is 6.42 Å². The van der Waals surface area contributed by atoms with Crippen LogP contribution in [0.25, 0.3) is 0 Å². The fourth-order valence-corrected chi connectivity index (χ4v) is 2.91. The number of hydrogen-bond donors (Lipinski definition) is 1. The lowest BCUT2D eigenvalue weighted by Gasteiger charge is -2.34. The van der Waals surface area contributed by atoms with Crippen molar-refractivity contribution in [2.75, 3.05) is 26.2 Å². The van der Waals surface area contributed by atoms with Gasteiger partial charge in [0.1, 0.15) is 0 Å². The molecule has 1 saturated heterocycles. The molecule has 4 heteroatoms. The predicted molar refractivity (Wildman–Crippen MR) is 76.0 cm³/mol. The summed E-state index contributed by atoms with van der Waals surface area (Å²) >= 11 is 0. The van der Waals surface area contributed by atoms with Gasteiger partial charge in [0, 0.05) is 44.1 Å². The SMILES string of the molecule is CC1CC(C)CN(CCNC(=O)c2ccncc2)C1. The van der Waals surface area contributed by atoms with Crippen molar-refractivity contribution in [1.29, 1.82) is 0 Å². The molecule has 0 aromatic carbocycles. The number of aromatic nitrogens is 1. The monoisotopic (exact) mass is 261 g/mol. The third kappa shape index (κ3) is 4.31. The highest BCUT2D eigenvalue weighted by Crippen LogP contribution is 2.20. The lowest BCUT2D eigenvalue weighted by molar-refractivity contribution is 0.0936. The number of carbonyl (C=O) groups is 1. The van der Waals surface area contributed by atoms with Crippen molar-refractivity contribution in [3.8, 4) is 0 Å². The highest BCUT2D eigenvalue weighted by atomic mass is 16.1. The Hall–Kier alpha value is -1.42. The van der Waals surface area contributed by atoms with Gasteiger partial charge in [0.2, 0.25) is 0 Å². The van der Waals surface area contributed by atoms with Crippen molar-refractivity contribution in [2.45, 2.75) is 20.3 Å². The lowest BCUT2D eigenvalue weighted by Crippen LogP contribution is -2.42. The molecule has 19 heavy (non-hydrogen) atoms. The van der Waals surface area contributed by atoms with E-state index >= 15 is 0 Å². The van der Waals surface area contributed by atoms with E-state index < -0.39 is 0 Å². The standard InChI is InChI=1S/C15H23N3O/c1-12-9-13(2)11-18(10-12)8-7-17-15(19)14-3-5-16-6-4-14/h3-6,12-13H,7-11H2,1-2H3,(H,17,19). The maximum absolute atomic E-state index is 11.9. The van der Waals surface area contributed by atoms with Crippen LogP contribution in [-0.2, 0) is 0 Å². The van der Waals surface area contributed by atoms with Crippen molar-refractivity contribution in [2.24, 2.45) is 11.8 Å². The molecule has 2 atom stereocenters. The molecule has 0 saturated carbocycles. The average molecular weight is 261 g/mol. The zero-order valence-electron chi connectivity index (χ0n) is 11.8. The summed E-state index contributed by atoms with van der Waals surface area (Å²) in [6.07, 6.45) is 4.60. The van der Waals surface area contributed by atoms with Gasteiger partial charge in [-0.1, -0.05) is 13.8 Å². The van der Waals surface area contributed by atoms with Crippen LogP contribution in [0.1, 0.15) is 30.6 Å². The Morgan fingerprint density at radius 3 is 2.58 bits per heavy atom. The highest BCUT2D eigenvalue weighted by molar-refractivity contribution is 5.93. The molecular formula is C15H23N3O. The Labute approximate surface area is 115 Å². The molecule has 0 aliphatic carbocycles. The number of nitrogens with zero attached hydrogens (tertiary/aromatic N) is 2. The van der Waals surface area contributed by atoms with Crippen LogP contribution in [0.4, 0.5) is 0 Å². The van der Waals surface area contributed by atoms with Crippen LogP contribution in [0, 0.1) is 11.8 Å². The summed E-state index contributed by atoms with van der Waals surface area (Å²) in [4.78, 5) is 18.2. The molecule has 0 spiro atoms. The van der Waals surface area contributed by atoms with E-state index in [-0.39, 0.29) is 5.91 Å². The zero-order chi connectivity index (χ0) is 13.7. The number of carbonyl (C=O) groups excluding carboxylic acids is 1. The molecule has 1 N–H and O–H groups in total. The summed E-state index contributed by atoms with van der Waals surface area (Å²) < 4.78 is 0. The molecule has 104 valence electrons. The second-order valence-electron chi connectivity index (χ2n) is 5.70. The van der Waals surface area contributed by atoms with Gasteiger partial charge in [-0.3, -0.25) is 9.78 Å². The second kappa shape index (κ2) is 6.66. The molecule has 1 amide bonds. The Kier molecular flexibility index (Phi) is 4.91. The fourth-order valence-electron chi connectivity index (χ4n) is 2.91. The third-order valence-electron chi connectivity index (χ3n) is 3.60. The first-order chi connectivity index (χ1) is 9.15. The third-order valence-corrected chi connectivity index (χ3v) is 3.60. The van der Waals surface area contributed by atoms with Crippen molar-refractivity contribution >= 4 is 5.91 Å². The topological polar surface area (TPSA) is 45.2 Å². The number of piperidine rings is 1. The average Bonchev–Trinajstić information content (AvgIpc) is 2.38. The van der Waals surface area contributed by atoms with Gasteiger partial charge in [-0.2, -0.15) is 0 Å². The van der Waals surface area contributed by atoms with E-state index in [0.29, 0.717) is 12.1 Å². The van der Waals surface area contributed by atoms with Crippen molar-refractivity contribution < 1.29 is 4.79 Å². The molecule has 1 aromatic rings. The quantitative estimate of drug-likeness (QED) is 0.898. The molecule has 0 radical (unpaired) electrons. The first kappa shape index (κ1) is 14.0. The molecule has 1 aromatic heterocycles. The van der Waals surface area contributed by atoms with Gasteiger partial charge in [0.25, 0.3) is 5.91 Å². The van der Waals surface area contributed by atoms with E-state index in [1.54, 1.807) is 24.5 Å². The summed E-state index contributed by atoms with van der Waals surface area (Å²) in [5.74, 6) is 1.51. The number of likely N-dealkylation sites (tertiary alicyclic amines) is 1. The summed E-state index contributed by atoms with van der Waals surface area (Å²) in [5.41, 5.74) is 0.676. The van der Waals surface area contributed by atoms with Gasteiger partial charge in [0.15, 0.2) is 0 Å². The van der Waals surface area contributed by atoms with Gasteiger partial charge < -0.3 is 10.2 Å². The van der Waals surface area contributed by atoms with E-state index in [9.17, 15) is 4.79 Å². The largest absolute Gasteiger partial charge is 0.351 e. The summed E-state index contributed by atoms with van der Waals surface area (Å²) in [6, 6.07) is 3.47. The normalized spacial score (nSPS) is 24.1. The summed E-state index contributed by atoms with van der Waals surface area (Å²) in [7, 11) is 0. The molecule has 2 unspecified atom stereocenters. The van der Waals surface area contributed by atoms with Crippen LogP contribution >= 0.6 is 0 Å². The predicted octanol–water partition coefficient (Wildman–Crippen LogP) is 1.79. The zero-order valence-corrected chi connectivity index (χ0v) is 11.8. The summed E-state index contributed by atoms with van der Waals surface area (Å²) in [5, 5.41) is 2.97. The molecule has 2 rings (SSSR count). The molecule has 0 bridgehead atoms. The highest BCUT2D eigenvalue weighted by Gasteiger charge is 2.21. The number of hydrogen-bond acceptors (Lipinski definition) is 3. The van der Waals surface area contributed by atoms with Crippen LogP contribution in [0.5, 0.6) is 0 Å². The van der Waals surface area contributed by atoms with Crippen LogP contribution in [0.15, 0.2) is 24.5 Å². The Morgan fingerprint density at radius 2 is 1.95 bits per heavy atom. The Bertz CT molecular complexity index is 397. The van der Waals surface area contributed by atoms with Gasteiger partial charge >= 0.3 is 0 Å². The van der Waals surface area contributed by atoms with Crippen molar-refractivity contribution in [3.05, 3.63) is 30.1 Å². The number of amides is 1. The smallest absolute Gasteiger partial charge is 0.251 e. The molecule has 2 heterocycles. The minimum absolute atomic E-state index is 0.0134. The lowest BCUT2D eigenvalue weighted by atomic mass is 9.92. The Balaban J connectivity index is 1.73. The van der Waals surface area contributed by atoms with E-state index in [0.717, 1.165) is 31.5 Å². The first-order valence-corrected chi connectivity index (χ1v) is 7.05. The van der Waals surface area contributed by atoms with Crippen LogP contribution in [-0.4, -0.2) is 42.0 Å². The van der Waals surface area contributed by atoms with Crippen molar-refractivity contribution in [1.82, 2.24) is 15.2 Å². The van der Waals surface area contributed by atoms with Crippen LogP contribution in [0.3, 0.4) is 0 Å². The fraction of sp³-hybridized carbons (Fsp3) is 0.600. The molecule has 1 aliphatic rings. The van der Waals surface area contributed by atoms with Crippen LogP contribution in [0.2, 0.25) is 0 Å². The number of pyridine rings is 1. The van der Waals surface area contributed by atoms with Crippen LogP contribution < -0.4 is 5.32 Å². The first-order valence-electron chi connectivity index (χ1n) is 7.05. The molecule has 1 aliphatic heterocycles.